The number of phenols is 1. The lowest BCUT2D eigenvalue weighted by molar-refractivity contribution is 0.433. The minimum Gasteiger partial charge on any atom is -0.504 e. The van der Waals surface area contributed by atoms with E-state index in [0.717, 1.165) is 36.1 Å². The first-order valence-corrected chi connectivity index (χ1v) is 10.5. The number of benzene rings is 2. The molecule has 0 unspecified atom stereocenters. The minimum atomic E-state index is -0.672. The molecule has 1 heterocycles. The number of rotatable bonds is 5. The number of aromatic nitrogens is 2. The number of para-hydroxylation sites is 1. The maximum Gasteiger partial charge on any atom is 0.165 e. The van der Waals surface area contributed by atoms with Crippen molar-refractivity contribution in [3.05, 3.63) is 94.0 Å². The topological polar surface area (TPSA) is 38.1 Å². The van der Waals surface area contributed by atoms with Crippen LogP contribution in [0.2, 0.25) is 0 Å². The van der Waals surface area contributed by atoms with Gasteiger partial charge >= 0.3 is 0 Å². The van der Waals surface area contributed by atoms with Gasteiger partial charge in [-0.05, 0) is 49.5 Å². The largest absolute Gasteiger partial charge is 0.504 e. The number of nitrogens with zero attached hydrogens (tertiary/aromatic N) is 2. The van der Waals surface area contributed by atoms with Gasteiger partial charge in [0.1, 0.15) is 10.5 Å². The number of hydrogen-bond acceptors (Lipinski definition) is 3. The molecule has 2 aromatic carbocycles. The second-order valence-corrected chi connectivity index (χ2v) is 7.75. The van der Waals surface area contributed by atoms with Crippen molar-refractivity contribution in [3.8, 4) is 17.1 Å². The Morgan fingerprint density at radius 3 is 2.63 bits per heavy atom. The molecule has 0 fully saturated rings. The van der Waals surface area contributed by atoms with Crippen molar-refractivity contribution in [3.63, 3.8) is 0 Å². The molecule has 0 amide bonds. The van der Waals surface area contributed by atoms with E-state index in [2.05, 4.69) is 30.4 Å². The molecule has 1 N–H and O–H groups in total. The summed E-state index contributed by atoms with van der Waals surface area (Å²) in [6, 6.07) is 14.6. The van der Waals surface area contributed by atoms with E-state index in [1.807, 2.05) is 29.7 Å². The molecule has 1 aliphatic carbocycles. The summed E-state index contributed by atoms with van der Waals surface area (Å²) in [5.74, 6) is -0.596. The van der Waals surface area contributed by atoms with Gasteiger partial charge in [-0.2, -0.15) is 0 Å². The molecule has 30 heavy (non-hydrogen) atoms. The Balaban J connectivity index is 1.88. The van der Waals surface area contributed by atoms with Crippen molar-refractivity contribution in [1.29, 1.82) is 0 Å². The smallest absolute Gasteiger partial charge is 0.165 e. The van der Waals surface area contributed by atoms with Gasteiger partial charge in [0, 0.05) is 12.1 Å². The van der Waals surface area contributed by atoms with Crippen molar-refractivity contribution in [2.45, 2.75) is 32.7 Å². The zero-order chi connectivity index (χ0) is 21.1. The number of hydrogen-bond donors (Lipinski definition) is 1. The molecule has 0 radical (unpaired) electrons. The Hall–Kier alpha value is -3.05. The van der Waals surface area contributed by atoms with Crippen LogP contribution in [0.5, 0.6) is 5.75 Å². The normalized spacial score (nSPS) is 13.3. The van der Waals surface area contributed by atoms with E-state index in [-0.39, 0.29) is 0 Å². The molecule has 0 aliphatic heterocycles. The highest BCUT2D eigenvalue weighted by Crippen LogP contribution is 2.33. The van der Waals surface area contributed by atoms with E-state index < -0.39 is 11.6 Å². The van der Waals surface area contributed by atoms with Crippen molar-refractivity contribution in [2.75, 3.05) is 0 Å². The first-order chi connectivity index (χ1) is 14.6. The van der Waals surface area contributed by atoms with E-state index in [0.29, 0.717) is 22.6 Å². The molecule has 1 aromatic heterocycles. The molecule has 3 nitrogen and oxygen atoms in total. The molecule has 0 spiro atoms. The maximum absolute atomic E-state index is 14.1. The molecule has 4 rings (SSSR count). The molecule has 1 aliphatic rings. The molecule has 152 valence electrons. The molecule has 0 atom stereocenters. The van der Waals surface area contributed by atoms with Crippen LogP contribution in [0.1, 0.15) is 29.7 Å². The maximum atomic E-state index is 14.1. The molecule has 0 saturated heterocycles. The fourth-order valence-electron chi connectivity index (χ4n) is 3.79. The first-order valence-electron chi connectivity index (χ1n) is 10.1. The zero-order valence-electron chi connectivity index (χ0n) is 16.8. The summed E-state index contributed by atoms with van der Waals surface area (Å²) in [6.07, 6.45) is 9.15. The highest BCUT2D eigenvalue weighted by atomic mass is 32.1. The quantitative estimate of drug-likeness (QED) is 0.487. The highest BCUT2D eigenvalue weighted by molar-refractivity contribution is 7.71. The number of phenolic OH excluding ortho intramolecular Hbond substituents is 1. The molecular formula is C25H23FN2OS. The van der Waals surface area contributed by atoms with Gasteiger partial charge in [-0.3, -0.25) is 0 Å². The Labute approximate surface area is 180 Å². The molecule has 0 bridgehead atoms. The monoisotopic (exact) mass is 418 g/mol. The Bertz CT molecular complexity index is 1200. The molecule has 0 saturated carbocycles. The average molecular weight is 419 g/mol. The summed E-state index contributed by atoms with van der Waals surface area (Å²) in [5, 5.41) is 10.4. The number of allylic oxidation sites excluding steroid dienone is 4. The standard InChI is InChI=1S/C25H23FN2OS/c1-17-22(19-11-6-3-7-12-19)25(30)28(16-15-18-9-4-2-5-10-18)24(27-17)20-13-8-14-21(26)23(20)29/h2,4-6,8-14,29H,3,7,15-16H2,1H3. The lowest BCUT2D eigenvalue weighted by Crippen LogP contribution is -2.13. The third-order valence-electron chi connectivity index (χ3n) is 5.33. The van der Waals surface area contributed by atoms with Gasteiger partial charge in [-0.25, -0.2) is 9.37 Å². The van der Waals surface area contributed by atoms with Crippen LogP contribution in [0.3, 0.4) is 0 Å². The molecule has 3 aromatic rings. The van der Waals surface area contributed by atoms with Crippen molar-refractivity contribution in [2.24, 2.45) is 0 Å². The van der Waals surface area contributed by atoms with E-state index in [9.17, 15) is 9.50 Å². The Morgan fingerprint density at radius 1 is 1.10 bits per heavy atom. The number of aryl methyl sites for hydroxylation is 2. The second-order valence-electron chi connectivity index (χ2n) is 7.36. The second kappa shape index (κ2) is 8.76. The van der Waals surface area contributed by atoms with E-state index in [4.69, 9.17) is 17.2 Å². The minimum absolute atomic E-state index is 0.344. The van der Waals surface area contributed by atoms with Crippen LogP contribution >= 0.6 is 12.2 Å². The SMILES string of the molecule is Cc1nc(-c2cccc(F)c2O)n(CCc2ccccc2)c(=S)c1C1=CCCC=C1. The van der Waals surface area contributed by atoms with Gasteiger partial charge in [0.2, 0.25) is 0 Å². The van der Waals surface area contributed by atoms with Crippen LogP contribution in [-0.2, 0) is 13.0 Å². The summed E-state index contributed by atoms with van der Waals surface area (Å²) >= 11 is 5.91. The third-order valence-corrected chi connectivity index (χ3v) is 5.75. The van der Waals surface area contributed by atoms with Crippen LogP contribution in [-0.4, -0.2) is 14.7 Å². The summed E-state index contributed by atoms with van der Waals surface area (Å²) < 4.78 is 16.7. The summed E-state index contributed by atoms with van der Waals surface area (Å²) in [4.78, 5) is 4.79. The first kappa shape index (κ1) is 20.2. The van der Waals surface area contributed by atoms with Crippen LogP contribution in [0.4, 0.5) is 4.39 Å². The summed E-state index contributed by atoms with van der Waals surface area (Å²) in [7, 11) is 0. The summed E-state index contributed by atoms with van der Waals surface area (Å²) in [6.45, 7) is 2.49. The summed E-state index contributed by atoms with van der Waals surface area (Å²) in [5.41, 5.74) is 4.28. The van der Waals surface area contributed by atoms with Crippen LogP contribution in [0, 0.1) is 17.4 Å². The van der Waals surface area contributed by atoms with Crippen molar-refractivity contribution < 1.29 is 9.50 Å². The van der Waals surface area contributed by atoms with Crippen LogP contribution in [0.25, 0.3) is 17.0 Å². The predicted octanol–water partition coefficient (Wildman–Crippen LogP) is 6.41. The predicted molar refractivity (Wildman–Crippen MR) is 121 cm³/mol. The van der Waals surface area contributed by atoms with Gasteiger partial charge in [-0.15, -0.1) is 0 Å². The fourth-order valence-corrected chi connectivity index (χ4v) is 4.23. The molecular weight excluding hydrogens is 395 g/mol. The number of aromatic hydroxyl groups is 1. The Kier molecular flexibility index (Phi) is 5.91. The van der Waals surface area contributed by atoms with Crippen LogP contribution < -0.4 is 0 Å². The average Bonchev–Trinajstić information content (AvgIpc) is 2.76. The van der Waals surface area contributed by atoms with Gasteiger partial charge in [0.15, 0.2) is 11.6 Å². The van der Waals surface area contributed by atoms with Gasteiger partial charge in [-0.1, -0.05) is 66.8 Å². The fraction of sp³-hybridized carbons (Fsp3) is 0.200. The van der Waals surface area contributed by atoms with Gasteiger partial charge in [0.05, 0.1) is 11.3 Å². The lowest BCUT2D eigenvalue weighted by Gasteiger charge is -2.20. The number of halogens is 1. The van der Waals surface area contributed by atoms with Gasteiger partial charge in [0.25, 0.3) is 0 Å². The molecule has 5 heteroatoms. The van der Waals surface area contributed by atoms with Crippen molar-refractivity contribution in [1.82, 2.24) is 9.55 Å². The lowest BCUT2D eigenvalue weighted by atomic mass is 9.99. The van der Waals surface area contributed by atoms with Gasteiger partial charge < -0.3 is 9.67 Å². The van der Waals surface area contributed by atoms with E-state index in [1.165, 1.54) is 11.6 Å². The highest BCUT2D eigenvalue weighted by Gasteiger charge is 2.19. The third kappa shape index (κ3) is 3.98. The zero-order valence-corrected chi connectivity index (χ0v) is 17.6. The Morgan fingerprint density at radius 2 is 1.90 bits per heavy atom. The van der Waals surface area contributed by atoms with Crippen molar-refractivity contribution >= 4 is 17.8 Å². The van der Waals surface area contributed by atoms with E-state index in [1.54, 1.807) is 12.1 Å². The van der Waals surface area contributed by atoms with E-state index >= 15 is 0 Å². The van der Waals surface area contributed by atoms with Crippen LogP contribution in [0.15, 0.2) is 66.8 Å².